The summed E-state index contributed by atoms with van der Waals surface area (Å²) in [6.45, 7) is 5.01. The summed E-state index contributed by atoms with van der Waals surface area (Å²) in [6.07, 6.45) is -1.57. The third-order valence-electron chi connectivity index (χ3n) is 2.93. The van der Waals surface area contributed by atoms with E-state index in [0.717, 1.165) is 10.6 Å². The van der Waals surface area contributed by atoms with Crippen molar-refractivity contribution in [3.63, 3.8) is 0 Å². The zero-order valence-corrected chi connectivity index (χ0v) is 13.8. The Hall–Kier alpha value is -2.77. The number of hydrogen-bond acceptors (Lipinski definition) is 6. The zero-order valence-electron chi connectivity index (χ0n) is 13.8. The van der Waals surface area contributed by atoms with Gasteiger partial charge in [0.15, 0.2) is 6.04 Å². The van der Waals surface area contributed by atoms with Crippen molar-refractivity contribution in [2.45, 2.75) is 39.0 Å². The van der Waals surface area contributed by atoms with Crippen LogP contribution >= 0.6 is 0 Å². The van der Waals surface area contributed by atoms with Gasteiger partial charge in [-0.15, -0.1) is 5.06 Å². The van der Waals surface area contributed by atoms with Crippen LogP contribution in [0.25, 0.3) is 0 Å². The number of hydrogen-bond donors (Lipinski definition) is 1. The third kappa shape index (κ3) is 5.15. The molecule has 0 saturated carbocycles. The molecule has 0 radical (unpaired) electrons. The molecular formula is C16H20N2O6. The Morgan fingerprint density at radius 3 is 2.58 bits per heavy atom. The highest BCUT2D eigenvalue weighted by Crippen LogP contribution is 2.13. The molecule has 1 saturated heterocycles. The lowest BCUT2D eigenvalue weighted by atomic mass is 10.2. The van der Waals surface area contributed by atoms with Gasteiger partial charge in [0.2, 0.25) is 0 Å². The van der Waals surface area contributed by atoms with Crippen LogP contribution < -0.4 is 5.32 Å². The Bertz CT molecular complexity index is 611. The van der Waals surface area contributed by atoms with Crippen molar-refractivity contribution in [3.05, 3.63) is 35.9 Å². The van der Waals surface area contributed by atoms with Crippen molar-refractivity contribution in [3.8, 4) is 0 Å². The molecule has 0 bridgehead atoms. The molecule has 1 atom stereocenters. The number of carbonyl (C=O) groups excluding carboxylic acids is 3. The molecule has 24 heavy (non-hydrogen) atoms. The first-order valence-electron chi connectivity index (χ1n) is 7.44. The average Bonchev–Trinajstić information content (AvgIpc) is 2.85. The van der Waals surface area contributed by atoms with E-state index >= 15 is 0 Å². The minimum atomic E-state index is -0.996. The topological polar surface area (TPSA) is 94.2 Å². The molecule has 1 aliphatic heterocycles. The first-order valence-corrected chi connectivity index (χ1v) is 7.44. The summed E-state index contributed by atoms with van der Waals surface area (Å²) in [5.74, 6) is -0.752. The van der Waals surface area contributed by atoms with Crippen LogP contribution in [0.2, 0.25) is 0 Å². The first-order chi connectivity index (χ1) is 11.2. The predicted octanol–water partition coefficient (Wildman–Crippen LogP) is 1.99. The van der Waals surface area contributed by atoms with Crippen LogP contribution in [-0.4, -0.2) is 41.4 Å². The van der Waals surface area contributed by atoms with E-state index in [9.17, 15) is 14.4 Å². The van der Waals surface area contributed by atoms with Crippen LogP contribution in [0.1, 0.15) is 26.3 Å². The molecule has 8 nitrogen and oxygen atoms in total. The molecule has 2 rings (SSSR count). The standard InChI is InChI=1S/C16H20N2O6/c1-16(2,3)23-14(20)17-12-9-18(24-13(12)19)15(21)22-10-11-7-5-4-6-8-11/h4-8,12H,9-10H2,1-3H3,(H,17,20)/t12-/m0/s1. The van der Waals surface area contributed by atoms with Crippen LogP contribution in [0.5, 0.6) is 0 Å². The fourth-order valence-corrected chi connectivity index (χ4v) is 1.91. The highest BCUT2D eigenvalue weighted by Gasteiger charge is 2.39. The quantitative estimate of drug-likeness (QED) is 0.907. The second-order valence-electron chi connectivity index (χ2n) is 6.21. The van der Waals surface area contributed by atoms with E-state index in [0.29, 0.717) is 0 Å². The minimum absolute atomic E-state index is 0.0535. The molecule has 1 aromatic carbocycles. The van der Waals surface area contributed by atoms with Gasteiger partial charge in [0.1, 0.15) is 12.2 Å². The highest BCUT2D eigenvalue weighted by atomic mass is 16.8. The van der Waals surface area contributed by atoms with Gasteiger partial charge in [0.05, 0.1) is 6.54 Å². The number of nitrogens with zero attached hydrogens (tertiary/aromatic N) is 1. The van der Waals surface area contributed by atoms with Crippen molar-refractivity contribution >= 4 is 18.2 Å². The minimum Gasteiger partial charge on any atom is -0.444 e. The van der Waals surface area contributed by atoms with Gasteiger partial charge in [0.25, 0.3) is 0 Å². The molecule has 1 N–H and O–H groups in total. The number of rotatable bonds is 3. The van der Waals surface area contributed by atoms with Gasteiger partial charge in [-0.05, 0) is 26.3 Å². The molecule has 0 aliphatic carbocycles. The van der Waals surface area contributed by atoms with Gasteiger partial charge >= 0.3 is 18.2 Å². The lowest BCUT2D eigenvalue weighted by Gasteiger charge is -2.20. The molecule has 0 aromatic heterocycles. The van der Waals surface area contributed by atoms with Gasteiger partial charge in [-0.2, -0.15) is 0 Å². The number of alkyl carbamates (subject to hydrolysis) is 1. The fourth-order valence-electron chi connectivity index (χ4n) is 1.91. The van der Waals surface area contributed by atoms with Crippen molar-refractivity contribution in [2.75, 3.05) is 6.54 Å². The maximum Gasteiger partial charge on any atom is 0.443 e. The summed E-state index contributed by atoms with van der Waals surface area (Å²) in [5.41, 5.74) is 0.112. The second-order valence-corrected chi connectivity index (χ2v) is 6.21. The van der Waals surface area contributed by atoms with Gasteiger partial charge in [0, 0.05) is 0 Å². The van der Waals surface area contributed by atoms with Crippen LogP contribution in [0.3, 0.4) is 0 Å². The largest absolute Gasteiger partial charge is 0.444 e. The van der Waals surface area contributed by atoms with E-state index in [1.165, 1.54) is 0 Å². The van der Waals surface area contributed by atoms with E-state index < -0.39 is 29.8 Å². The van der Waals surface area contributed by atoms with Crippen molar-refractivity contribution < 1.29 is 28.7 Å². The Morgan fingerprint density at radius 2 is 1.96 bits per heavy atom. The van der Waals surface area contributed by atoms with E-state index in [2.05, 4.69) is 5.32 Å². The molecular weight excluding hydrogens is 316 g/mol. The maximum atomic E-state index is 11.9. The van der Waals surface area contributed by atoms with E-state index in [1.54, 1.807) is 32.9 Å². The van der Waals surface area contributed by atoms with Crippen LogP contribution in [0, 0.1) is 0 Å². The van der Waals surface area contributed by atoms with Crippen LogP contribution in [0.4, 0.5) is 9.59 Å². The number of ether oxygens (including phenoxy) is 2. The molecule has 8 heteroatoms. The van der Waals surface area contributed by atoms with Crippen molar-refractivity contribution in [2.24, 2.45) is 0 Å². The maximum absolute atomic E-state index is 11.9. The summed E-state index contributed by atoms with van der Waals surface area (Å²) in [6, 6.07) is 8.09. The lowest BCUT2D eigenvalue weighted by molar-refractivity contribution is -0.164. The van der Waals surface area contributed by atoms with E-state index in [1.807, 2.05) is 18.2 Å². The molecule has 0 spiro atoms. The Balaban J connectivity index is 1.82. The summed E-state index contributed by atoms with van der Waals surface area (Å²) in [5, 5.41) is 3.13. The van der Waals surface area contributed by atoms with E-state index in [4.69, 9.17) is 14.3 Å². The number of hydroxylamine groups is 2. The average molecular weight is 336 g/mol. The molecule has 0 unspecified atom stereocenters. The summed E-state index contributed by atoms with van der Waals surface area (Å²) in [7, 11) is 0. The molecule has 2 amide bonds. The predicted molar refractivity (Wildman–Crippen MR) is 82.6 cm³/mol. The SMILES string of the molecule is CC(C)(C)OC(=O)N[C@H]1CN(C(=O)OCc2ccccc2)OC1=O. The normalized spacial score (nSPS) is 17.2. The Kier molecular flexibility index (Phi) is 5.28. The lowest BCUT2D eigenvalue weighted by Crippen LogP contribution is -2.43. The summed E-state index contributed by atoms with van der Waals surface area (Å²) < 4.78 is 10.1. The number of benzene rings is 1. The number of nitrogens with one attached hydrogen (secondary N) is 1. The van der Waals surface area contributed by atoms with Gasteiger partial charge < -0.3 is 19.6 Å². The third-order valence-corrected chi connectivity index (χ3v) is 2.93. The Labute approximate surface area is 139 Å². The first kappa shape index (κ1) is 17.6. The van der Waals surface area contributed by atoms with Crippen molar-refractivity contribution in [1.82, 2.24) is 10.4 Å². The van der Waals surface area contributed by atoms with Crippen LogP contribution in [0.15, 0.2) is 30.3 Å². The van der Waals surface area contributed by atoms with Gasteiger partial charge in [-0.25, -0.2) is 14.4 Å². The number of amides is 2. The van der Waals surface area contributed by atoms with E-state index in [-0.39, 0.29) is 13.2 Å². The van der Waals surface area contributed by atoms with Gasteiger partial charge in [-0.1, -0.05) is 30.3 Å². The Morgan fingerprint density at radius 1 is 1.29 bits per heavy atom. The zero-order chi connectivity index (χ0) is 17.7. The highest BCUT2D eigenvalue weighted by molar-refractivity contribution is 5.85. The second kappa shape index (κ2) is 7.20. The summed E-state index contributed by atoms with van der Waals surface area (Å²) >= 11 is 0. The molecule has 1 heterocycles. The van der Waals surface area contributed by atoms with Crippen LogP contribution in [-0.2, 0) is 25.7 Å². The smallest absolute Gasteiger partial charge is 0.443 e. The molecule has 1 aromatic rings. The molecule has 1 fully saturated rings. The van der Waals surface area contributed by atoms with Crippen molar-refractivity contribution in [1.29, 1.82) is 0 Å². The molecule has 1 aliphatic rings. The monoisotopic (exact) mass is 336 g/mol. The number of carbonyl (C=O) groups is 3. The summed E-state index contributed by atoms with van der Waals surface area (Å²) in [4.78, 5) is 40.1. The van der Waals surface area contributed by atoms with Gasteiger partial charge in [-0.3, -0.25) is 0 Å². The fraction of sp³-hybridized carbons (Fsp3) is 0.438. The molecule has 130 valence electrons.